The summed E-state index contributed by atoms with van der Waals surface area (Å²) in [5.74, 6) is -0.552. The second kappa shape index (κ2) is 7.89. The van der Waals surface area contributed by atoms with Gasteiger partial charge in [0.15, 0.2) is 0 Å². The highest BCUT2D eigenvalue weighted by molar-refractivity contribution is 8.00. The summed E-state index contributed by atoms with van der Waals surface area (Å²) in [6, 6.07) is 10.8. The van der Waals surface area contributed by atoms with Crippen molar-refractivity contribution in [1.29, 1.82) is 0 Å². The summed E-state index contributed by atoms with van der Waals surface area (Å²) in [7, 11) is 0. The molecule has 0 aliphatic rings. The lowest BCUT2D eigenvalue weighted by molar-refractivity contribution is -0.137. The first-order chi connectivity index (χ1) is 13.3. The third-order valence-corrected chi connectivity index (χ3v) is 4.71. The van der Waals surface area contributed by atoms with E-state index >= 15 is 0 Å². The average molecular weight is 409 g/mol. The van der Waals surface area contributed by atoms with Crippen molar-refractivity contribution in [2.24, 2.45) is 0 Å². The van der Waals surface area contributed by atoms with Crippen LogP contribution in [-0.4, -0.2) is 36.5 Å². The smallest absolute Gasteiger partial charge is 0.418 e. The number of alkyl halides is 3. The van der Waals surface area contributed by atoms with Crippen LogP contribution in [0.5, 0.6) is 5.75 Å². The number of amides is 1. The molecule has 0 bridgehead atoms. The molecule has 2 N–H and O–H groups in total. The minimum Gasteiger partial charge on any atom is -0.508 e. The van der Waals surface area contributed by atoms with Crippen molar-refractivity contribution in [3.8, 4) is 11.4 Å². The van der Waals surface area contributed by atoms with Crippen LogP contribution in [0.15, 0.2) is 53.7 Å². The third-order valence-electron chi connectivity index (χ3n) is 3.68. The number of phenols is 1. The molecule has 1 heterocycles. The Bertz CT molecular complexity index is 975. The van der Waals surface area contributed by atoms with E-state index in [1.807, 2.05) is 0 Å². The Morgan fingerprint density at radius 1 is 1.18 bits per heavy atom. The zero-order chi connectivity index (χ0) is 20.3. The van der Waals surface area contributed by atoms with Gasteiger partial charge in [0.25, 0.3) is 0 Å². The van der Waals surface area contributed by atoms with Gasteiger partial charge < -0.3 is 10.4 Å². The van der Waals surface area contributed by atoms with E-state index in [-0.39, 0.29) is 16.6 Å². The number of carbonyl (C=O) groups excluding carboxylic acids is 1. The molecule has 7 nitrogen and oxygen atoms in total. The Balaban J connectivity index is 1.75. The highest BCUT2D eigenvalue weighted by Gasteiger charge is 2.34. The number of halogens is 3. The van der Waals surface area contributed by atoms with Crippen LogP contribution in [0.4, 0.5) is 18.9 Å². The maximum absolute atomic E-state index is 13.1. The molecule has 28 heavy (non-hydrogen) atoms. The molecule has 0 saturated heterocycles. The van der Waals surface area contributed by atoms with Gasteiger partial charge in [-0.05, 0) is 53.7 Å². The first-order valence-electron chi connectivity index (χ1n) is 7.97. The van der Waals surface area contributed by atoms with E-state index in [1.54, 1.807) is 12.1 Å². The van der Waals surface area contributed by atoms with Gasteiger partial charge >= 0.3 is 6.18 Å². The Morgan fingerprint density at radius 3 is 2.54 bits per heavy atom. The van der Waals surface area contributed by atoms with Gasteiger partial charge in [-0.3, -0.25) is 4.79 Å². The van der Waals surface area contributed by atoms with E-state index in [0.29, 0.717) is 5.69 Å². The number of aromatic nitrogens is 4. The van der Waals surface area contributed by atoms with Crippen LogP contribution in [-0.2, 0) is 11.0 Å². The van der Waals surface area contributed by atoms with Crippen molar-refractivity contribution in [1.82, 2.24) is 20.2 Å². The minimum atomic E-state index is -4.58. The van der Waals surface area contributed by atoms with Gasteiger partial charge in [-0.15, -0.1) is 5.10 Å². The fourth-order valence-corrected chi connectivity index (χ4v) is 3.10. The SMILES string of the molecule is C[C@@H](Sc1nnnn1-c1ccc(O)cc1)C(=O)Nc1ccccc1C(F)(F)F. The lowest BCUT2D eigenvalue weighted by Crippen LogP contribution is -2.24. The molecule has 0 unspecified atom stereocenters. The minimum absolute atomic E-state index is 0.0714. The molecule has 2 aromatic carbocycles. The summed E-state index contributed by atoms with van der Waals surface area (Å²) < 4.78 is 40.6. The summed E-state index contributed by atoms with van der Waals surface area (Å²) in [6.07, 6.45) is -4.58. The Hall–Kier alpha value is -3.08. The monoisotopic (exact) mass is 409 g/mol. The molecule has 1 aromatic heterocycles. The molecule has 0 spiro atoms. The zero-order valence-electron chi connectivity index (χ0n) is 14.4. The van der Waals surface area contributed by atoms with Crippen LogP contribution >= 0.6 is 11.8 Å². The number of nitrogens with one attached hydrogen (secondary N) is 1. The van der Waals surface area contributed by atoms with E-state index in [1.165, 1.54) is 41.9 Å². The number of rotatable bonds is 5. The Labute approximate surface area is 161 Å². The largest absolute Gasteiger partial charge is 0.508 e. The Kier molecular flexibility index (Phi) is 5.54. The number of nitrogens with zero attached hydrogens (tertiary/aromatic N) is 4. The highest BCUT2D eigenvalue weighted by atomic mass is 32.2. The summed E-state index contributed by atoms with van der Waals surface area (Å²) >= 11 is 0.988. The molecule has 0 aliphatic heterocycles. The van der Waals surface area contributed by atoms with Crippen molar-refractivity contribution < 1.29 is 23.1 Å². The van der Waals surface area contributed by atoms with Crippen LogP contribution in [0, 0.1) is 0 Å². The van der Waals surface area contributed by atoms with Gasteiger partial charge in [0.2, 0.25) is 11.1 Å². The number of tetrazole rings is 1. The van der Waals surface area contributed by atoms with Gasteiger partial charge in [0, 0.05) is 0 Å². The van der Waals surface area contributed by atoms with Crippen molar-refractivity contribution in [2.45, 2.75) is 23.5 Å². The van der Waals surface area contributed by atoms with Gasteiger partial charge in [0.05, 0.1) is 22.2 Å². The number of hydrogen-bond donors (Lipinski definition) is 2. The quantitative estimate of drug-likeness (QED) is 0.627. The van der Waals surface area contributed by atoms with E-state index in [4.69, 9.17) is 0 Å². The summed E-state index contributed by atoms with van der Waals surface area (Å²) in [4.78, 5) is 12.4. The molecule has 1 amide bonds. The van der Waals surface area contributed by atoms with Crippen LogP contribution in [0.1, 0.15) is 12.5 Å². The fourth-order valence-electron chi connectivity index (χ4n) is 2.29. The van der Waals surface area contributed by atoms with Crippen LogP contribution in [0.25, 0.3) is 5.69 Å². The van der Waals surface area contributed by atoms with Crippen LogP contribution < -0.4 is 5.32 Å². The second-order valence-electron chi connectivity index (χ2n) is 5.68. The molecule has 0 fully saturated rings. The number of para-hydroxylation sites is 1. The molecule has 0 saturated carbocycles. The van der Waals surface area contributed by atoms with E-state index < -0.39 is 22.9 Å². The summed E-state index contributed by atoms with van der Waals surface area (Å²) in [5.41, 5.74) is -0.680. The van der Waals surface area contributed by atoms with E-state index in [9.17, 15) is 23.1 Å². The van der Waals surface area contributed by atoms with E-state index in [0.717, 1.165) is 17.8 Å². The maximum atomic E-state index is 13.1. The molecular weight excluding hydrogens is 395 g/mol. The molecule has 0 aliphatic carbocycles. The van der Waals surface area contributed by atoms with E-state index in [2.05, 4.69) is 20.8 Å². The molecular formula is C17H14F3N5O2S. The second-order valence-corrected chi connectivity index (χ2v) is 6.99. The molecule has 0 radical (unpaired) electrons. The lowest BCUT2D eigenvalue weighted by atomic mass is 10.1. The van der Waals surface area contributed by atoms with Gasteiger partial charge in [0.1, 0.15) is 5.75 Å². The first-order valence-corrected chi connectivity index (χ1v) is 8.85. The molecule has 146 valence electrons. The number of carbonyl (C=O) groups is 1. The van der Waals surface area contributed by atoms with Crippen LogP contribution in [0.2, 0.25) is 0 Å². The normalized spacial score (nSPS) is 12.6. The topological polar surface area (TPSA) is 92.9 Å². The molecule has 1 atom stereocenters. The Morgan fingerprint density at radius 2 is 1.86 bits per heavy atom. The van der Waals surface area contributed by atoms with Gasteiger partial charge in [-0.25, -0.2) is 0 Å². The third kappa shape index (κ3) is 4.42. The number of aromatic hydroxyl groups is 1. The predicted molar refractivity (Wildman–Crippen MR) is 96.2 cm³/mol. The average Bonchev–Trinajstić information content (AvgIpc) is 3.10. The number of phenolic OH excluding ortho intramolecular Hbond substituents is 1. The summed E-state index contributed by atoms with van der Waals surface area (Å²) in [6.45, 7) is 1.53. The molecule has 11 heteroatoms. The summed E-state index contributed by atoms with van der Waals surface area (Å²) in [5, 5.41) is 22.4. The van der Waals surface area contributed by atoms with Crippen molar-refractivity contribution in [3.63, 3.8) is 0 Å². The lowest BCUT2D eigenvalue weighted by Gasteiger charge is -2.16. The highest BCUT2D eigenvalue weighted by Crippen LogP contribution is 2.35. The van der Waals surface area contributed by atoms with Crippen molar-refractivity contribution in [2.75, 3.05) is 5.32 Å². The van der Waals surface area contributed by atoms with Crippen molar-refractivity contribution in [3.05, 3.63) is 54.1 Å². The van der Waals surface area contributed by atoms with Crippen molar-refractivity contribution >= 4 is 23.4 Å². The number of thioether (sulfide) groups is 1. The van der Waals surface area contributed by atoms with Gasteiger partial charge in [-0.1, -0.05) is 23.9 Å². The van der Waals surface area contributed by atoms with Crippen LogP contribution in [0.3, 0.4) is 0 Å². The molecule has 3 aromatic rings. The fraction of sp³-hybridized carbons (Fsp3) is 0.176. The maximum Gasteiger partial charge on any atom is 0.418 e. The molecule has 3 rings (SSSR count). The first kappa shape index (κ1) is 19.7. The zero-order valence-corrected chi connectivity index (χ0v) is 15.2. The predicted octanol–water partition coefficient (Wildman–Crippen LogP) is 3.51. The number of hydrogen-bond acceptors (Lipinski definition) is 6. The number of benzene rings is 2. The number of anilines is 1. The standard InChI is InChI=1S/C17H14F3N5O2S/c1-10(15(27)21-14-5-3-2-4-13(14)17(18,19)20)28-16-22-23-24-25(16)11-6-8-12(26)9-7-11/h2-10,26H,1H3,(H,21,27)/t10-/m1/s1. The van der Waals surface area contributed by atoms with Gasteiger partial charge in [-0.2, -0.15) is 17.9 Å².